The zero-order chi connectivity index (χ0) is 27.2. The molecule has 0 saturated carbocycles. The van der Waals surface area contributed by atoms with Gasteiger partial charge >= 0.3 is 0 Å². The molecule has 3 aromatic carbocycles. The van der Waals surface area contributed by atoms with Crippen LogP contribution in [0.5, 0.6) is 0 Å². The Morgan fingerprint density at radius 3 is 2.49 bits per heavy atom. The number of likely N-dealkylation sites (tertiary alicyclic amines) is 1. The lowest BCUT2D eigenvalue weighted by Gasteiger charge is -2.30. The Labute approximate surface area is 236 Å². The van der Waals surface area contributed by atoms with Crippen LogP contribution in [0.25, 0.3) is 11.4 Å². The third kappa shape index (κ3) is 6.84. The first-order valence-electron chi connectivity index (χ1n) is 12.7. The predicted molar refractivity (Wildman–Crippen MR) is 150 cm³/mol. The highest BCUT2D eigenvalue weighted by molar-refractivity contribution is 6.36. The lowest BCUT2D eigenvalue weighted by molar-refractivity contribution is -0.121. The number of halogens is 2. The van der Waals surface area contributed by atoms with Gasteiger partial charge in [-0.15, -0.1) is 0 Å². The summed E-state index contributed by atoms with van der Waals surface area (Å²) < 4.78 is 5.43. The number of hydrogen-bond donors (Lipinski definition) is 2. The molecule has 1 fully saturated rings. The van der Waals surface area contributed by atoms with Gasteiger partial charge in [0, 0.05) is 23.0 Å². The molecule has 0 aliphatic carbocycles. The lowest BCUT2D eigenvalue weighted by atomic mass is 9.95. The zero-order valence-electron chi connectivity index (χ0n) is 21.1. The molecule has 1 saturated heterocycles. The van der Waals surface area contributed by atoms with E-state index in [1.165, 1.54) is 0 Å². The van der Waals surface area contributed by atoms with E-state index in [-0.39, 0.29) is 17.7 Å². The van der Waals surface area contributed by atoms with Crippen molar-refractivity contribution in [3.05, 3.63) is 99.9 Å². The number of carbonyl (C=O) groups is 2. The summed E-state index contributed by atoms with van der Waals surface area (Å²) in [6.07, 6.45) is 1.36. The van der Waals surface area contributed by atoms with Crippen molar-refractivity contribution in [3.8, 4) is 11.4 Å². The Morgan fingerprint density at radius 1 is 0.974 bits per heavy atom. The Bertz CT molecular complexity index is 1450. The standard InChI is InChI=1S/C29H27Cl2N5O3/c30-21-10-11-22(24(31)16-21)27-34-26(39-35-27)18-36-14-12-20(13-15-36)28(37)33-25-9-5-4-8-23(25)29(38)32-17-19-6-2-1-3-7-19/h1-11,16,20H,12-15,17-18H2,(H,32,38)(H,33,37). The van der Waals surface area contributed by atoms with Gasteiger partial charge in [-0.1, -0.05) is 70.8 Å². The van der Waals surface area contributed by atoms with Gasteiger partial charge in [0.15, 0.2) is 0 Å². The van der Waals surface area contributed by atoms with E-state index in [1.54, 1.807) is 36.4 Å². The van der Waals surface area contributed by atoms with Crippen LogP contribution in [0.4, 0.5) is 5.69 Å². The molecule has 0 radical (unpaired) electrons. The van der Waals surface area contributed by atoms with Crippen molar-refractivity contribution in [1.29, 1.82) is 0 Å². The van der Waals surface area contributed by atoms with E-state index in [9.17, 15) is 9.59 Å². The molecular formula is C29H27Cl2N5O3. The molecule has 2 amide bonds. The molecule has 0 bridgehead atoms. The van der Waals surface area contributed by atoms with Crippen molar-refractivity contribution < 1.29 is 14.1 Å². The first-order valence-corrected chi connectivity index (χ1v) is 13.4. The SMILES string of the molecule is O=C(NCc1ccccc1)c1ccccc1NC(=O)C1CCN(Cc2nc(-c3ccc(Cl)cc3Cl)no2)CC1. The van der Waals surface area contributed by atoms with Gasteiger partial charge in [0.05, 0.1) is 22.8 Å². The summed E-state index contributed by atoms with van der Waals surface area (Å²) >= 11 is 12.2. The van der Waals surface area contributed by atoms with Crippen LogP contribution in [0.15, 0.2) is 77.3 Å². The number of aromatic nitrogens is 2. The number of piperidine rings is 1. The largest absolute Gasteiger partial charge is 0.348 e. The van der Waals surface area contributed by atoms with E-state index in [1.807, 2.05) is 36.4 Å². The molecule has 4 aromatic rings. The smallest absolute Gasteiger partial charge is 0.253 e. The topological polar surface area (TPSA) is 100 Å². The molecule has 0 atom stereocenters. The highest BCUT2D eigenvalue weighted by Crippen LogP contribution is 2.29. The summed E-state index contributed by atoms with van der Waals surface area (Å²) in [5.41, 5.74) is 2.60. The van der Waals surface area contributed by atoms with Gasteiger partial charge in [-0.05, 0) is 61.8 Å². The summed E-state index contributed by atoms with van der Waals surface area (Å²) in [4.78, 5) is 32.6. The Hall–Kier alpha value is -3.72. The van der Waals surface area contributed by atoms with Crippen molar-refractivity contribution >= 4 is 40.7 Å². The zero-order valence-corrected chi connectivity index (χ0v) is 22.6. The van der Waals surface area contributed by atoms with Crippen LogP contribution in [0.1, 0.15) is 34.7 Å². The number of nitrogens with zero attached hydrogens (tertiary/aromatic N) is 3. The highest BCUT2D eigenvalue weighted by atomic mass is 35.5. The van der Waals surface area contributed by atoms with Gasteiger partial charge in [-0.2, -0.15) is 4.98 Å². The van der Waals surface area contributed by atoms with Crippen LogP contribution in [0.2, 0.25) is 10.0 Å². The molecule has 1 aliphatic rings. The second kappa shape index (κ2) is 12.4. The molecule has 5 rings (SSSR count). The minimum absolute atomic E-state index is 0.0876. The minimum Gasteiger partial charge on any atom is -0.348 e. The van der Waals surface area contributed by atoms with E-state index in [0.29, 0.717) is 77.6 Å². The number of hydrogen-bond acceptors (Lipinski definition) is 6. The summed E-state index contributed by atoms with van der Waals surface area (Å²) in [5.74, 6) is 0.411. The monoisotopic (exact) mass is 563 g/mol. The second-order valence-corrected chi connectivity index (χ2v) is 10.2. The third-order valence-corrected chi connectivity index (χ3v) is 7.23. The number of carbonyl (C=O) groups excluding carboxylic acids is 2. The lowest BCUT2D eigenvalue weighted by Crippen LogP contribution is -2.38. The molecule has 1 aliphatic heterocycles. The molecular weight excluding hydrogens is 537 g/mol. The maximum Gasteiger partial charge on any atom is 0.253 e. The van der Waals surface area contributed by atoms with Crippen molar-refractivity contribution in [2.24, 2.45) is 5.92 Å². The molecule has 39 heavy (non-hydrogen) atoms. The van der Waals surface area contributed by atoms with Crippen molar-refractivity contribution in [1.82, 2.24) is 20.4 Å². The molecule has 2 N–H and O–H groups in total. The van der Waals surface area contributed by atoms with Gasteiger partial charge in [0.25, 0.3) is 5.91 Å². The molecule has 8 nitrogen and oxygen atoms in total. The first kappa shape index (κ1) is 26.9. The first-order chi connectivity index (χ1) is 19.0. The molecule has 2 heterocycles. The molecule has 0 spiro atoms. The van der Waals surface area contributed by atoms with Crippen molar-refractivity contribution in [3.63, 3.8) is 0 Å². The third-order valence-electron chi connectivity index (χ3n) is 6.68. The van der Waals surface area contributed by atoms with Gasteiger partial charge in [0.2, 0.25) is 17.6 Å². The number of nitrogens with one attached hydrogen (secondary N) is 2. The van der Waals surface area contributed by atoms with E-state index in [0.717, 1.165) is 5.56 Å². The molecule has 10 heteroatoms. The maximum absolute atomic E-state index is 13.1. The average Bonchev–Trinajstić information content (AvgIpc) is 3.41. The summed E-state index contributed by atoms with van der Waals surface area (Å²) in [6.45, 7) is 2.30. The summed E-state index contributed by atoms with van der Waals surface area (Å²) in [6, 6.07) is 21.9. The molecule has 0 unspecified atom stereocenters. The molecule has 1 aromatic heterocycles. The maximum atomic E-state index is 13.1. The summed E-state index contributed by atoms with van der Waals surface area (Å²) in [5, 5.41) is 10.9. The van der Waals surface area contributed by atoms with Crippen LogP contribution in [0.3, 0.4) is 0 Å². The van der Waals surface area contributed by atoms with E-state index >= 15 is 0 Å². The van der Waals surface area contributed by atoms with Crippen LogP contribution in [-0.4, -0.2) is 39.9 Å². The number of benzene rings is 3. The highest BCUT2D eigenvalue weighted by Gasteiger charge is 2.27. The van der Waals surface area contributed by atoms with Crippen LogP contribution in [0, 0.1) is 5.92 Å². The van der Waals surface area contributed by atoms with Crippen LogP contribution < -0.4 is 10.6 Å². The molecule has 200 valence electrons. The second-order valence-electron chi connectivity index (χ2n) is 9.39. The van der Waals surface area contributed by atoms with E-state index in [4.69, 9.17) is 27.7 Å². The number of para-hydroxylation sites is 1. The fourth-order valence-electron chi connectivity index (χ4n) is 4.54. The van der Waals surface area contributed by atoms with E-state index < -0.39 is 0 Å². The van der Waals surface area contributed by atoms with Crippen molar-refractivity contribution in [2.45, 2.75) is 25.9 Å². The fraction of sp³-hybridized carbons (Fsp3) is 0.241. The average molecular weight is 564 g/mol. The van der Waals surface area contributed by atoms with Crippen LogP contribution >= 0.6 is 23.2 Å². The van der Waals surface area contributed by atoms with E-state index in [2.05, 4.69) is 25.7 Å². The Kier molecular flexibility index (Phi) is 8.56. The van der Waals surface area contributed by atoms with Crippen molar-refractivity contribution in [2.75, 3.05) is 18.4 Å². The van der Waals surface area contributed by atoms with Gasteiger partial charge in [0.1, 0.15) is 0 Å². The Morgan fingerprint density at radius 2 is 1.72 bits per heavy atom. The fourth-order valence-corrected chi connectivity index (χ4v) is 5.04. The van der Waals surface area contributed by atoms with Gasteiger partial charge < -0.3 is 15.2 Å². The number of rotatable bonds is 8. The normalized spacial score (nSPS) is 14.2. The predicted octanol–water partition coefficient (Wildman–Crippen LogP) is 5.82. The quantitative estimate of drug-likeness (QED) is 0.280. The van der Waals surface area contributed by atoms with Gasteiger partial charge in [-0.25, -0.2) is 0 Å². The number of anilines is 1. The van der Waals surface area contributed by atoms with Gasteiger partial charge in [-0.3, -0.25) is 14.5 Å². The summed E-state index contributed by atoms with van der Waals surface area (Å²) in [7, 11) is 0. The number of amides is 2. The minimum atomic E-state index is -0.233. The Balaban J connectivity index is 1.13. The van der Waals surface area contributed by atoms with Crippen LogP contribution in [-0.2, 0) is 17.9 Å².